The molecular formula is C14H19F3N2O2. The molecule has 1 atom stereocenters. The standard InChI is InChI=1S/C14H19F3N2O2/c1-10(9-20)4-3-7-18-13(21)19-12-6-2-5-11(8-12)14(15,16)17/h2,5-6,8,10,20H,3-4,7,9H2,1H3,(H2,18,19,21). The van der Waals surface area contributed by atoms with Gasteiger partial charge in [-0.1, -0.05) is 13.0 Å². The van der Waals surface area contributed by atoms with Crippen molar-refractivity contribution in [3.05, 3.63) is 29.8 Å². The van der Waals surface area contributed by atoms with Gasteiger partial charge in [0, 0.05) is 18.8 Å². The molecule has 0 aromatic heterocycles. The predicted molar refractivity (Wildman–Crippen MR) is 73.9 cm³/mol. The second-order valence-electron chi connectivity index (χ2n) is 4.89. The molecular weight excluding hydrogens is 285 g/mol. The summed E-state index contributed by atoms with van der Waals surface area (Å²) in [5.41, 5.74) is -0.719. The van der Waals surface area contributed by atoms with Crippen LogP contribution < -0.4 is 10.6 Å². The predicted octanol–water partition coefficient (Wildman–Crippen LogP) is 3.24. The molecule has 21 heavy (non-hydrogen) atoms. The van der Waals surface area contributed by atoms with Gasteiger partial charge < -0.3 is 15.7 Å². The highest BCUT2D eigenvalue weighted by atomic mass is 19.4. The molecule has 0 saturated carbocycles. The summed E-state index contributed by atoms with van der Waals surface area (Å²) in [4.78, 5) is 11.5. The van der Waals surface area contributed by atoms with Crippen molar-refractivity contribution in [2.75, 3.05) is 18.5 Å². The van der Waals surface area contributed by atoms with Gasteiger partial charge >= 0.3 is 12.2 Å². The van der Waals surface area contributed by atoms with Crippen LogP contribution in [0.3, 0.4) is 0 Å². The highest BCUT2D eigenvalue weighted by molar-refractivity contribution is 5.89. The Labute approximate surface area is 121 Å². The average Bonchev–Trinajstić information content (AvgIpc) is 2.42. The number of aliphatic hydroxyl groups excluding tert-OH is 1. The quantitative estimate of drug-likeness (QED) is 0.707. The van der Waals surface area contributed by atoms with Crippen LogP contribution in [0.15, 0.2) is 24.3 Å². The highest BCUT2D eigenvalue weighted by Gasteiger charge is 2.30. The van der Waals surface area contributed by atoms with Crippen LogP contribution >= 0.6 is 0 Å². The first kappa shape index (κ1) is 17.3. The van der Waals surface area contributed by atoms with Crippen LogP contribution in [-0.2, 0) is 6.18 Å². The largest absolute Gasteiger partial charge is 0.416 e. The first-order chi connectivity index (χ1) is 9.82. The van der Waals surface area contributed by atoms with Gasteiger partial charge in [0.05, 0.1) is 5.56 Å². The second kappa shape index (κ2) is 7.87. The number of anilines is 1. The Bertz CT molecular complexity index is 464. The summed E-state index contributed by atoms with van der Waals surface area (Å²) in [6, 6.07) is 3.91. The summed E-state index contributed by atoms with van der Waals surface area (Å²) in [5.74, 6) is 0.165. The molecule has 0 aliphatic heterocycles. The molecule has 1 aromatic rings. The lowest BCUT2D eigenvalue weighted by Crippen LogP contribution is -2.29. The molecule has 3 N–H and O–H groups in total. The summed E-state index contributed by atoms with van der Waals surface area (Å²) in [5, 5.41) is 13.8. The van der Waals surface area contributed by atoms with E-state index >= 15 is 0 Å². The first-order valence-electron chi connectivity index (χ1n) is 6.66. The zero-order valence-electron chi connectivity index (χ0n) is 11.7. The van der Waals surface area contributed by atoms with Gasteiger partial charge in [-0.15, -0.1) is 0 Å². The van der Waals surface area contributed by atoms with Crippen LogP contribution in [-0.4, -0.2) is 24.3 Å². The van der Waals surface area contributed by atoms with Gasteiger partial charge in [0.1, 0.15) is 0 Å². The third-order valence-corrected chi connectivity index (χ3v) is 2.92. The maximum Gasteiger partial charge on any atom is 0.416 e. The fourth-order valence-corrected chi connectivity index (χ4v) is 1.69. The van der Waals surface area contributed by atoms with Crippen molar-refractivity contribution in [2.45, 2.75) is 25.9 Å². The van der Waals surface area contributed by atoms with Crippen molar-refractivity contribution in [3.8, 4) is 0 Å². The van der Waals surface area contributed by atoms with Crippen LogP contribution in [0.25, 0.3) is 0 Å². The Hall–Kier alpha value is -1.76. The fraction of sp³-hybridized carbons (Fsp3) is 0.500. The fourth-order valence-electron chi connectivity index (χ4n) is 1.69. The van der Waals surface area contributed by atoms with Crippen molar-refractivity contribution < 1.29 is 23.1 Å². The van der Waals surface area contributed by atoms with Gasteiger partial charge in [0.15, 0.2) is 0 Å². The average molecular weight is 304 g/mol. The number of hydrogen-bond acceptors (Lipinski definition) is 2. The molecule has 1 unspecified atom stereocenters. The lowest BCUT2D eigenvalue weighted by atomic mass is 10.1. The normalized spacial score (nSPS) is 12.8. The van der Waals surface area contributed by atoms with Crippen LogP contribution in [0.2, 0.25) is 0 Å². The molecule has 4 nitrogen and oxygen atoms in total. The number of carbonyl (C=O) groups excluding carboxylic acids is 1. The minimum Gasteiger partial charge on any atom is -0.396 e. The molecule has 1 aromatic carbocycles. The smallest absolute Gasteiger partial charge is 0.396 e. The summed E-state index contributed by atoms with van der Waals surface area (Å²) >= 11 is 0. The number of rotatable bonds is 6. The molecule has 7 heteroatoms. The zero-order valence-corrected chi connectivity index (χ0v) is 11.7. The molecule has 0 spiro atoms. The van der Waals surface area contributed by atoms with Crippen LogP contribution in [0.4, 0.5) is 23.7 Å². The Morgan fingerprint density at radius 1 is 1.38 bits per heavy atom. The van der Waals surface area contributed by atoms with Crippen molar-refractivity contribution >= 4 is 11.7 Å². The van der Waals surface area contributed by atoms with E-state index in [1.54, 1.807) is 0 Å². The van der Waals surface area contributed by atoms with Crippen molar-refractivity contribution in [2.24, 2.45) is 5.92 Å². The number of hydrogen-bond donors (Lipinski definition) is 3. The topological polar surface area (TPSA) is 61.4 Å². The number of nitrogens with one attached hydrogen (secondary N) is 2. The molecule has 0 radical (unpaired) electrons. The Kier molecular flexibility index (Phi) is 6.48. The number of halogens is 3. The molecule has 0 aliphatic carbocycles. The monoisotopic (exact) mass is 304 g/mol. The van der Waals surface area contributed by atoms with E-state index in [9.17, 15) is 18.0 Å². The summed E-state index contributed by atoms with van der Waals surface area (Å²) < 4.78 is 37.5. The number of benzene rings is 1. The molecule has 2 amide bonds. The van der Waals surface area contributed by atoms with Gasteiger partial charge in [0.25, 0.3) is 0 Å². The van der Waals surface area contributed by atoms with E-state index in [4.69, 9.17) is 5.11 Å². The van der Waals surface area contributed by atoms with Gasteiger partial charge in [0.2, 0.25) is 0 Å². The minimum atomic E-state index is -4.44. The van der Waals surface area contributed by atoms with E-state index in [1.165, 1.54) is 12.1 Å². The first-order valence-corrected chi connectivity index (χ1v) is 6.66. The van der Waals surface area contributed by atoms with Gasteiger partial charge in [-0.2, -0.15) is 13.2 Å². The van der Waals surface area contributed by atoms with Crippen molar-refractivity contribution in [1.82, 2.24) is 5.32 Å². The summed E-state index contributed by atoms with van der Waals surface area (Å²) in [6.07, 6.45) is -2.98. The lowest BCUT2D eigenvalue weighted by molar-refractivity contribution is -0.137. The second-order valence-corrected chi connectivity index (χ2v) is 4.89. The molecule has 118 valence electrons. The number of amides is 2. The molecule has 1 rings (SSSR count). The minimum absolute atomic E-state index is 0.0889. The number of aliphatic hydroxyl groups is 1. The van der Waals surface area contributed by atoms with E-state index in [0.29, 0.717) is 13.0 Å². The maximum absolute atomic E-state index is 12.5. The van der Waals surface area contributed by atoms with E-state index < -0.39 is 17.8 Å². The molecule has 0 saturated heterocycles. The molecule has 0 aliphatic rings. The van der Waals surface area contributed by atoms with E-state index in [-0.39, 0.29) is 18.2 Å². The molecule has 0 bridgehead atoms. The van der Waals surface area contributed by atoms with E-state index in [0.717, 1.165) is 18.6 Å². The van der Waals surface area contributed by atoms with Crippen LogP contribution in [0, 0.1) is 5.92 Å². The van der Waals surface area contributed by atoms with Crippen LogP contribution in [0.5, 0.6) is 0 Å². The van der Waals surface area contributed by atoms with Crippen LogP contribution in [0.1, 0.15) is 25.3 Å². The third kappa shape index (κ3) is 6.48. The Balaban J connectivity index is 2.41. The molecule has 0 fully saturated rings. The Morgan fingerprint density at radius 2 is 2.10 bits per heavy atom. The van der Waals surface area contributed by atoms with E-state index in [1.807, 2.05) is 6.92 Å². The molecule has 0 heterocycles. The SMILES string of the molecule is CC(CO)CCCNC(=O)Nc1cccc(C(F)(F)F)c1. The zero-order chi connectivity index (χ0) is 15.9. The highest BCUT2D eigenvalue weighted by Crippen LogP contribution is 2.30. The maximum atomic E-state index is 12.5. The Morgan fingerprint density at radius 3 is 2.71 bits per heavy atom. The summed E-state index contributed by atoms with van der Waals surface area (Å²) in [6.45, 7) is 2.38. The summed E-state index contributed by atoms with van der Waals surface area (Å²) in [7, 11) is 0. The van der Waals surface area contributed by atoms with Gasteiger partial charge in [-0.3, -0.25) is 0 Å². The van der Waals surface area contributed by atoms with Crippen molar-refractivity contribution in [3.63, 3.8) is 0 Å². The third-order valence-electron chi connectivity index (χ3n) is 2.92. The van der Waals surface area contributed by atoms with Gasteiger partial charge in [-0.25, -0.2) is 4.79 Å². The lowest BCUT2D eigenvalue weighted by Gasteiger charge is -2.11. The van der Waals surface area contributed by atoms with Gasteiger partial charge in [-0.05, 0) is 37.0 Å². The number of urea groups is 1. The van der Waals surface area contributed by atoms with E-state index in [2.05, 4.69) is 10.6 Å². The van der Waals surface area contributed by atoms with Crippen molar-refractivity contribution in [1.29, 1.82) is 0 Å². The number of carbonyl (C=O) groups is 1. The number of alkyl halides is 3.